The summed E-state index contributed by atoms with van der Waals surface area (Å²) in [7, 11) is 1.60. The smallest absolute Gasteiger partial charge is 0.178 e. The van der Waals surface area contributed by atoms with Gasteiger partial charge in [-0.2, -0.15) is 0 Å². The number of hydrogen-bond donors (Lipinski definition) is 1. The van der Waals surface area contributed by atoms with Crippen molar-refractivity contribution in [3.63, 3.8) is 0 Å². The van der Waals surface area contributed by atoms with Crippen molar-refractivity contribution < 1.29 is 19.1 Å². The minimum Gasteiger partial charge on any atom is -0.490 e. The third-order valence-electron chi connectivity index (χ3n) is 6.36. The topological polar surface area (TPSA) is 102 Å². The molecule has 0 atom stereocenters. The Morgan fingerprint density at radius 1 is 0.950 bits per heavy atom. The van der Waals surface area contributed by atoms with Gasteiger partial charge in [-0.3, -0.25) is 9.59 Å². The van der Waals surface area contributed by atoms with Gasteiger partial charge in [-0.1, -0.05) is 48.2 Å². The molecule has 1 N–H and O–H groups in total. The number of ketones is 2. The Bertz CT molecular complexity index is 1600. The van der Waals surface area contributed by atoms with E-state index in [4.69, 9.17) is 14.9 Å². The molecule has 0 radical (unpaired) electrons. The molecule has 0 amide bonds. The first-order valence-electron chi connectivity index (χ1n) is 13.1. The van der Waals surface area contributed by atoms with Gasteiger partial charge < -0.3 is 14.9 Å². The van der Waals surface area contributed by atoms with E-state index in [0.29, 0.717) is 60.6 Å². The lowest BCUT2D eigenvalue weighted by Gasteiger charge is -2.09. The normalized spacial score (nSPS) is 10.6. The van der Waals surface area contributed by atoms with Crippen molar-refractivity contribution >= 4 is 28.2 Å². The maximum absolute atomic E-state index is 12.8. The van der Waals surface area contributed by atoms with Gasteiger partial charge in [0.25, 0.3) is 0 Å². The highest BCUT2D eigenvalue weighted by molar-refractivity contribution is 6.06. The van der Waals surface area contributed by atoms with Crippen LogP contribution in [0.1, 0.15) is 57.3 Å². The highest BCUT2D eigenvalue weighted by Crippen LogP contribution is 2.21. The fourth-order valence-corrected chi connectivity index (χ4v) is 4.34. The molecule has 0 aliphatic rings. The van der Waals surface area contributed by atoms with E-state index >= 15 is 0 Å². The molecule has 3 aromatic carbocycles. The third kappa shape index (κ3) is 7.46. The summed E-state index contributed by atoms with van der Waals surface area (Å²) in [5.74, 6) is 6.46. The van der Waals surface area contributed by atoms with Crippen molar-refractivity contribution in [2.24, 2.45) is 0 Å². The Hall–Kier alpha value is -4.67. The number of aromatic nitrogens is 2. The Balaban J connectivity index is 1.35. The van der Waals surface area contributed by atoms with Crippen molar-refractivity contribution in [3.05, 3.63) is 101 Å². The van der Waals surface area contributed by atoms with E-state index in [1.807, 2.05) is 48.5 Å². The summed E-state index contributed by atoms with van der Waals surface area (Å²) in [5, 5.41) is 9.34. The van der Waals surface area contributed by atoms with Gasteiger partial charge in [0.15, 0.2) is 11.6 Å². The molecule has 4 rings (SSSR count). The molecular formula is C33H31N3O4. The highest BCUT2D eigenvalue weighted by Gasteiger charge is 2.13. The Morgan fingerprint density at radius 3 is 2.58 bits per heavy atom. The monoisotopic (exact) mass is 533 g/mol. The summed E-state index contributed by atoms with van der Waals surface area (Å²) in [6, 6.07) is 20.5. The van der Waals surface area contributed by atoms with E-state index in [-0.39, 0.29) is 18.0 Å². The van der Waals surface area contributed by atoms with Crippen LogP contribution < -0.4 is 4.74 Å². The van der Waals surface area contributed by atoms with Crippen LogP contribution in [-0.4, -0.2) is 47.6 Å². The van der Waals surface area contributed by atoms with Gasteiger partial charge in [0.05, 0.1) is 29.8 Å². The number of methoxy groups -OCH3 is 1. The standard InChI is InChI=1S/C33H31N3O4/c1-23(37)27-12-7-13-28-30(35-22-36-33(27)28)21-26(34)17-16-25-9-5-8-24(20-25)10-6-14-31(38)29-11-3-4-15-32(29)40-19-18-39-2/h3-5,7-9,11-13,15,20,22,34H,14,16-19,21H2,1-2H3. The zero-order chi connectivity index (χ0) is 28.3. The first-order chi connectivity index (χ1) is 19.5. The molecule has 202 valence electrons. The van der Waals surface area contributed by atoms with E-state index in [1.54, 1.807) is 25.3 Å². The molecule has 0 aliphatic heterocycles. The number of aryl methyl sites for hydroxylation is 1. The molecule has 7 nitrogen and oxygen atoms in total. The third-order valence-corrected chi connectivity index (χ3v) is 6.36. The van der Waals surface area contributed by atoms with Crippen LogP contribution in [0, 0.1) is 17.3 Å². The molecule has 0 bridgehead atoms. The van der Waals surface area contributed by atoms with Gasteiger partial charge in [0.2, 0.25) is 0 Å². The molecular weight excluding hydrogens is 502 g/mol. The second kappa shape index (κ2) is 13.9. The number of benzene rings is 3. The summed E-state index contributed by atoms with van der Waals surface area (Å²) in [5.41, 5.74) is 4.86. The number of fused-ring (bicyclic) bond motifs is 1. The van der Waals surface area contributed by atoms with Gasteiger partial charge in [-0.15, -0.1) is 0 Å². The van der Waals surface area contributed by atoms with Gasteiger partial charge >= 0.3 is 0 Å². The summed E-state index contributed by atoms with van der Waals surface area (Å²) < 4.78 is 10.7. The second-order valence-corrected chi connectivity index (χ2v) is 9.30. The van der Waals surface area contributed by atoms with Crippen LogP contribution in [0.3, 0.4) is 0 Å². The number of nitrogens with zero attached hydrogens (tertiary/aromatic N) is 2. The van der Waals surface area contributed by atoms with Crippen LogP contribution in [0.5, 0.6) is 5.75 Å². The second-order valence-electron chi connectivity index (χ2n) is 9.30. The predicted octanol–water partition coefficient (Wildman–Crippen LogP) is 5.68. The largest absolute Gasteiger partial charge is 0.490 e. The van der Waals surface area contributed by atoms with Crippen molar-refractivity contribution in [2.45, 2.75) is 32.6 Å². The van der Waals surface area contributed by atoms with Crippen LogP contribution >= 0.6 is 0 Å². The lowest BCUT2D eigenvalue weighted by atomic mass is 10.00. The van der Waals surface area contributed by atoms with Crippen LogP contribution in [-0.2, 0) is 17.6 Å². The lowest BCUT2D eigenvalue weighted by molar-refractivity contribution is 0.0987. The Labute approximate surface area is 234 Å². The molecule has 7 heteroatoms. The van der Waals surface area contributed by atoms with Crippen LogP contribution in [0.2, 0.25) is 0 Å². The molecule has 0 fully saturated rings. The molecule has 40 heavy (non-hydrogen) atoms. The van der Waals surface area contributed by atoms with Crippen molar-refractivity contribution in [1.29, 1.82) is 5.41 Å². The van der Waals surface area contributed by atoms with Crippen molar-refractivity contribution in [2.75, 3.05) is 20.3 Å². The molecule has 0 saturated carbocycles. The SMILES string of the molecule is COCCOc1ccccc1C(=O)CC#Cc1cccc(CCC(=N)Cc2ncnc3c(C(C)=O)cccc23)c1. The molecule has 0 aliphatic carbocycles. The highest BCUT2D eigenvalue weighted by atomic mass is 16.5. The Morgan fingerprint density at radius 2 is 1.75 bits per heavy atom. The van der Waals surface area contributed by atoms with Crippen LogP contribution in [0.25, 0.3) is 10.9 Å². The maximum Gasteiger partial charge on any atom is 0.178 e. The van der Waals surface area contributed by atoms with Crippen molar-refractivity contribution in [1.82, 2.24) is 9.97 Å². The predicted molar refractivity (Wildman–Crippen MR) is 155 cm³/mol. The first kappa shape index (κ1) is 28.3. The number of para-hydroxylation sites is 2. The maximum atomic E-state index is 12.8. The number of carbonyl (C=O) groups excluding carboxylic acids is 2. The number of ether oxygens (including phenoxy) is 2. The quantitative estimate of drug-likeness (QED) is 0.109. The van der Waals surface area contributed by atoms with Crippen LogP contribution in [0.15, 0.2) is 73.1 Å². The average molecular weight is 534 g/mol. The van der Waals surface area contributed by atoms with E-state index in [0.717, 1.165) is 22.2 Å². The minimum atomic E-state index is -0.0993. The number of rotatable bonds is 12. The summed E-state index contributed by atoms with van der Waals surface area (Å²) in [6.45, 7) is 2.33. The average Bonchev–Trinajstić information content (AvgIpc) is 2.96. The van der Waals surface area contributed by atoms with Crippen LogP contribution in [0.4, 0.5) is 0 Å². The zero-order valence-electron chi connectivity index (χ0n) is 22.7. The van der Waals surface area contributed by atoms with E-state index < -0.39 is 0 Å². The molecule has 1 aromatic heterocycles. The fraction of sp³-hybridized carbons (Fsp3) is 0.242. The molecule has 0 saturated heterocycles. The summed E-state index contributed by atoms with van der Waals surface area (Å²) >= 11 is 0. The van der Waals surface area contributed by atoms with E-state index in [1.165, 1.54) is 13.3 Å². The van der Waals surface area contributed by atoms with Crippen molar-refractivity contribution in [3.8, 4) is 17.6 Å². The fourth-order valence-electron chi connectivity index (χ4n) is 4.34. The number of nitrogens with one attached hydrogen (secondary N) is 1. The molecule has 0 spiro atoms. The van der Waals surface area contributed by atoms with Gasteiger partial charge in [-0.25, -0.2) is 9.97 Å². The first-order valence-corrected chi connectivity index (χ1v) is 13.1. The Kier molecular flexibility index (Phi) is 9.87. The van der Waals surface area contributed by atoms with E-state index in [2.05, 4.69) is 21.8 Å². The zero-order valence-corrected chi connectivity index (χ0v) is 22.7. The summed E-state index contributed by atoms with van der Waals surface area (Å²) in [4.78, 5) is 33.4. The minimum absolute atomic E-state index is 0.0468. The number of hydrogen-bond acceptors (Lipinski definition) is 7. The van der Waals surface area contributed by atoms with Gasteiger partial charge in [0.1, 0.15) is 18.7 Å². The number of Topliss-reactive ketones (excluding diaryl/α,β-unsaturated/α-hetero) is 2. The lowest BCUT2D eigenvalue weighted by Crippen LogP contribution is -2.08. The van der Waals surface area contributed by atoms with Gasteiger partial charge in [0, 0.05) is 35.8 Å². The molecule has 4 aromatic rings. The van der Waals surface area contributed by atoms with E-state index in [9.17, 15) is 9.59 Å². The molecule has 1 heterocycles. The molecule has 0 unspecified atom stereocenters. The van der Waals surface area contributed by atoms with Gasteiger partial charge in [-0.05, 0) is 55.7 Å². The summed E-state index contributed by atoms with van der Waals surface area (Å²) in [6.07, 6.45) is 3.17. The number of carbonyl (C=O) groups is 2.